The van der Waals surface area contributed by atoms with Crippen LogP contribution < -0.4 is 0 Å². The molecule has 0 heterocycles. The molecule has 1 nitrogen and oxygen atoms in total. The molecule has 0 aliphatic heterocycles. The minimum absolute atomic E-state index is 0.0137. The smallest absolute Gasteiger partial charge is 0.161 e. The van der Waals surface area contributed by atoms with Crippen LogP contribution in [0.1, 0.15) is 17.3 Å². The van der Waals surface area contributed by atoms with Crippen molar-refractivity contribution in [1.82, 2.24) is 0 Å². The van der Waals surface area contributed by atoms with E-state index in [1.165, 1.54) is 6.92 Å². The fraction of sp³-hybridized carbons (Fsp3) is 0.0714. The minimum Gasteiger partial charge on any atom is -0.294 e. The number of rotatable bonds is 3. The van der Waals surface area contributed by atoms with Crippen molar-refractivity contribution in [2.75, 3.05) is 0 Å². The van der Waals surface area contributed by atoms with E-state index in [1.54, 1.807) is 17.8 Å². The van der Waals surface area contributed by atoms with E-state index in [0.717, 1.165) is 14.3 Å². The molecule has 0 amide bonds. The van der Waals surface area contributed by atoms with Crippen molar-refractivity contribution < 1.29 is 4.79 Å². The van der Waals surface area contributed by atoms with Crippen LogP contribution in [0, 0.1) is 0 Å². The van der Waals surface area contributed by atoms with E-state index in [1.807, 2.05) is 36.4 Å². The van der Waals surface area contributed by atoms with Crippen molar-refractivity contribution in [3.63, 3.8) is 0 Å². The van der Waals surface area contributed by atoms with Gasteiger partial charge in [0.1, 0.15) is 0 Å². The van der Waals surface area contributed by atoms with Gasteiger partial charge in [-0.05, 0) is 49.4 Å². The van der Waals surface area contributed by atoms with Crippen LogP contribution >= 0.6 is 39.3 Å². The summed E-state index contributed by atoms with van der Waals surface area (Å²) in [5.41, 5.74) is 0.567. The van der Waals surface area contributed by atoms with Crippen molar-refractivity contribution in [3.8, 4) is 0 Å². The van der Waals surface area contributed by atoms with Crippen molar-refractivity contribution in [2.45, 2.75) is 16.7 Å². The Balaban J connectivity index is 2.22. The molecule has 2 rings (SSSR count). The van der Waals surface area contributed by atoms with E-state index < -0.39 is 0 Å². The molecule has 92 valence electrons. The number of benzene rings is 2. The van der Waals surface area contributed by atoms with Gasteiger partial charge in [0.15, 0.2) is 5.78 Å². The maximum atomic E-state index is 11.3. The molecule has 0 radical (unpaired) electrons. The Bertz CT molecular complexity index is 581. The first-order valence-corrected chi connectivity index (χ1v) is 7.29. The van der Waals surface area contributed by atoms with Gasteiger partial charge in [0.25, 0.3) is 0 Å². The Hall–Kier alpha value is -0.770. The van der Waals surface area contributed by atoms with Gasteiger partial charge in [0.05, 0.1) is 5.02 Å². The van der Waals surface area contributed by atoms with Crippen molar-refractivity contribution >= 4 is 45.1 Å². The second-order valence-corrected chi connectivity index (χ2v) is 6.22. The summed E-state index contributed by atoms with van der Waals surface area (Å²) in [5, 5.41) is 0.504. The van der Waals surface area contributed by atoms with Crippen LogP contribution in [0.15, 0.2) is 56.7 Å². The predicted octanol–water partition coefficient (Wildman–Crippen LogP) is 5.46. The van der Waals surface area contributed by atoms with Crippen LogP contribution in [0.4, 0.5) is 0 Å². The van der Waals surface area contributed by atoms with Gasteiger partial charge in [-0.1, -0.05) is 39.3 Å². The fourth-order valence-electron chi connectivity index (χ4n) is 1.48. The summed E-state index contributed by atoms with van der Waals surface area (Å²) in [6, 6.07) is 13.6. The van der Waals surface area contributed by atoms with Crippen LogP contribution in [-0.2, 0) is 0 Å². The maximum Gasteiger partial charge on any atom is 0.161 e. The number of hydrogen-bond donors (Lipinski definition) is 0. The average Bonchev–Trinajstić information content (AvgIpc) is 2.32. The largest absolute Gasteiger partial charge is 0.294 e. The first-order chi connectivity index (χ1) is 8.56. The van der Waals surface area contributed by atoms with Gasteiger partial charge in [-0.2, -0.15) is 0 Å². The van der Waals surface area contributed by atoms with E-state index in [9.17, 15) is 4.79 Å². The minimum atomic E-state index is -0.0137. The monoisotopic (exact) mass is 340 g/mol. The molecule has 2 aromatic carbocycles. The van der Waals surface area contributed by atoms with E-state index in [-0.39, 0.29) is 5.78 Å². The second-order valence-electron chi connectivity index (χ2n) is 3.75. The molecule has 0 aliphatic carbocycles. The molecule has 0 saturated carbocycles. The lowest BCUT2D eigenvalue weighted by Crippen LogP contribution is -1.92. The number of Topliss-reactive ketones (excluding diaryl/α,β-unsaturated/α-hetero) is 1. The highest BCUT2D eigenvalue weighted by atomic mass is 79.9. The predicted molar refractivity (Wildman–Crippen MR) is 79.7 cm³/mol. The highest BCUT2D eigenvalue weighted by molar-refractivity contribution is 9.10. The highest BCUT2D eigenvalue weighted by Gasteiger charge is 2.07. The van der Waals surface area contributed by atoms with Gasteiger partial charge >= 0.3 is 0 Å². The molecule has 0 atom stereocenters. The zero-order valence-corrected chi connectivity index (χ0v) is 12.8. The zero-order valence-electron chi connectivity index (χ0n) is 9.61. The molecule has 0 unspecified atom stereocenters. The quantitative estimate of drug-likeness (QED) is 0.690. The average molecular weight is 342 g/mol. The Morgan fingerprint density at radius 2 is 1.72 bits per heavy atom. The molecular formula is C14H10BrClOS. The Morgan fingerprint density at radius 3 is 2.28 bits per heavy atom. The Labute approximate surface area is 124 Å². The Kier molecular flexibility index (Phi) is 4.49. The molecule has 0 aromatic heterocycles. The standard InChI is InChI=1S/C14H10BrClOS/c1-9(17)13-7-6-12(8-14(13)16)18-11-4-2-10(15)3-5-11/h2-8H,1H3. The maximum absolute atomic E-state index is 11.3. The molecule has 18 heavy (non-hydrogen) atoms. The number of hydrogen-bond acceptors (Lipinski definition) is 2. The van der Waals surface area contributed by atoms with Crippen LogP contribution in [0.2, 0.25) is 5.02 Å². The molecule has 0 fully saturated rings. The van der Waals surface area contributed by atoms with Crippen molar-refractivity contribution in [3.05, 3.63) is 57.5 Å². The molecular weight excluding hydrogens is 332 g/mol. The summed E-state index contributed by atoms with van der Waals surface area (Å²) in [6.45, 7) is 1.52. The van der Waals surface area contributed by atoms with Gasteiger partial charge < -0.3 is 0 Å². The zero-order chi connectivity index (χ0) is 13.1. The first kappa shape index (κ1) is 13.7. The lowest BCUT2D eigenvalue weighted by molar-refractivity contribution is 0.101. The molecule has 0 aliphatic rings. The third-order valence-corrected chi connectivity index (χ3v) is 4.21. The topological polar surface area (TPSA) is 17.1 Å². The molecule has 0 spiro atoms. The second kappa shape index (κ2) is 5.91. The van der Waals surface area contributed by atoms with E-state index in [0.29, 0.717) is 10.6 Å². The van der Waals surface area contributed by atoms with Crippen molar-refractivity contribution in [2.24, 2.45) is 0 Å². The van der Waals surface area contributed by atoms with Gasteiger partial charge in [-0.15, -0.1) is 0 Å². The van der Waals surface area contributed by atoms with Gasteiger partial charge in [-0.3, -0.25) is 4.79 Å². The Morgan fingerprint density at radius 1 is 1.11 bits per heavy atom. The van der Waals surface area contributed by atoms with Crippen LogP contribution in [-0.4, -0.2) is 5.78 Å². The first-order valence-electron chi connectivity index (χ1n) is 5.30. The van der Waals surface area contributed by atoms with E-state index in [4.69, 9.17) is 11.6 Å². The third kappa shape index (κ3) is 3.37. The van der Waals surface area contributed by atoms with Crippen molar-refractivity contribution in [1.29, 1.82) is 0 Å². The lowest BCUT2D eigenvalue weighted by Gasteiger charge is -2.05. The number of ketones is 1. The van der Waals surface area contributed by atoms with Crippen LogP contribution in [0.3, 0.4) is 0 Å². The summed E-state index contributed by atoms with van der Waals surface area (Å²) in [6.07, 6.45) is 0. The molecule has 0 bridgehead atoms. The third-order valence-electron chi connectivity index (χ3n) is 2.37. The summed E-state index contributed by atoms with van der Waals surface area (Å²) < 4.78 is 1.05. The highest BCUT2D eigenvalue weighted by Crippen LogP contribution is 2.31. The number of carbonyl (C=O) groups excluding carboxylic acids is 1. The van der Waals surface area contributed by atoms with Gasteiger partial charge in [0.2, 0.25) is 0 Å². The molecule has 2 aromatic rings. The SMILES string of the molecule is CC(=O)c1ccc(Sc2ccc(Br)cc2)cc1Cl. The number of halogens is 2. The van der Waals surface area contributed by atoms with Crippen LogP contribution in [0.5, 0.6) is 0 Å². The van der Waals surface area contributed by atoms with Gasteiger partial charge in [0, 0.05) is 19.8 Å². The fourth-order valence-corrected chi connectivity index (χ4v) is 2.98. The summed E-state index contributed by atoms with van der Waals surface area (Å²) in [4.78, 5) is 13.4. The molecule has 0 N–H and O–H groups in total. The van der Waals surface area contributed by atoms with E-state index >= 15 is 0 Å². The van der Waals surface area contributed by atoms with Crippen LogP contribution in [0.25, 0.3) is 0 Å². The molecule has 4 heteroatoms. The summed E-state index contributed by atoms with van der Waals surface area (Å²) >= 11 is 11.1. The normalized spacial score (nSPS) is 10.4. The van der Waals surface area contributed by atoms with Gasteiger partial charge in [-0.25, -0.2) is 0 Å². The summed E-state index contributed by atoms with van der Waals surface area (Å²) in [5.74, 6) is -0.0137. The van der Waals surface area contributed by atoms with E-state index in [2.05, 4.69) is 15.9 Å². The molecule has 0 saturated heterocycles. The summed E-state index contributed by atoms with van der Waals surface area (Å²) in [7, 11) is 0. The lowest BCUT2D eigenvalue weighted by atomic mass is 10.1. The number of carbonyl (C=O) groups is 1.